The Morgan fingerprint density at radius 3 is 2.62 bits per heavy atom. The van der Waals surface area contributed by atoms with E-state index in [-0.39, 0.29) is 11.2 Å². The van der Waals surface area contributed by atoms with Crippen molar-refractivity contribution < 1.29 is 9.13 Å². The lowest BCUT2D eigenvalue weighted by Gasteiger charge is -2.20. The number of benzene rings is 1. The molecule has 0 heterocycles. The van der Waals surface area contributed by atoms with Crippen LogP contribution in [0.2, 0.25) is 0 Å². The minimum Gasteiger partial charge on any atom is -0.493 e. The van der Waals surface area contributed by atoms with Crippen LogP contribution in [-0.2, 0) is 5.41 Å². The first kappa shape index (κ1) is 11.9. The van der Waals surface area contributed by atoms with Crippen molar-refractivity contribution in [2.24, 2.45) is 5.73 Å². The van der Waals surface area contributed by atoms with Gasteiger partial charge in [-0.3, -0.25) is 0 Å². The third kappa shape index (κ3) is 1.64. The molecule has 2 nitrogen and oxygen atoms in total. The fourth-order valence-corrected chi connectivity index (χ4v) is 2.83. The van der Waals surface area contributed by atoms with E-state index in [1.165, 1.54) is 13.2 Å². The van der Waals surface area contributed by atoms with Crippen LogP contribution in [0.25, 0.3) is 0 Å². The third-order valence-electron chi connectivity index (χ3n) is 3.33. The van der Waals surface area contributed by atoms with Gasteiger partial charge in [0.1, 0.15) is 0 Å². The summed E-state index contributed by atoms with van der Waals surface area (Å²) >= 11 is 3.52. The number of halogens is 2. The molecule has 0 amide bonds. The van der Waals surface area contributed by atoms with Crippen LogP contribution in [0.15, 0.2) is 10.5 Å². The summed E-state index contributed by atoms with van der Waals surface area (Å²) in [6, 6.07) is 1.49. The first-order valence-corrected chi connectivity index (χ1v) is 6.08. The summed E-state index contributed by atoms with van der Waals surface area (Å²) in [6.07, 6.45) is 2.00. The Balaban J connectivity index is 2.66. The summed E-state index contributed by atoms with van der Waals surface area (Å²) in [5.74, 6) is 0.0263. The zero-order chi connectivity index (χ0) is 11.9. The second kappa shape index (κ2) is 4.00. The quantitative estimate of drug-likeness (QED) is 0.928. The molecule has 2 N–H and O–H groups in total. The average molecular weight is 288 g/mol. The number of methoxy groups -OCH3 is 1. The van der Waals surface area contributed by atoms with Gasteiger partial charge in [-0.25, -0.2) is 4.39 Å². The van der Waals surface area contributed by atoms with Crippen LogP contribution in [0.5, 0.6) is 5.75 Å². The Labute approximate surface area is 103 Å². The average Bonchev–Trinajstić information content (AvgIpc) is 3.03. The summed E-state index contributed by atoms with van der Waals surface area (Å²) in [7, 11) is 1.50. The van der Waals surface area contributed by atoms with Gasteiger partial charge in [0.25, 0.3) is 0 Å². The van der Waals surface area contributed by atoms with Crippen LogP contribution in [-0.4, -0.2) is 13.7 Å². The lowest BCUT2D eigenvalue weighted by atomic mass is 9.93. The van der Waals surface area contributed by atoms with E-state index in [9.17, 15) is 4.39 Å². The molecule has 1 aliphatic rings. The van der Waals surface area contributed by atoms with Crippen molar-refractivity contribution in [3.05, 3.63) is 27.5 Å². The molecule has 0 saturated heterocycles. The van der Waals surface area contributed by atoms with Gasteiger partial charge in [0.2, 0.25) is 0 Å². The van der Waals surface area contributed by atoms with Crippen LogP contribution >= 0.6 is 15.9 Å². The molecule has 1 fully saturated rings. The lowest BCUT2D eigenvalue weighted by Crippen LogP contribution is -2.22. The van der Waals surface area contributed by atoms with E-state index in [2.05, 4.69) is 15.9 Å². The monoisotopic (exact) mass is 287 g/mol. The Bertz CT molecular complexity index is 430. The normalized spacial score (nSPS) is 17.3. The summed E-state index contributed by atoms with van der Waals surface area (Å²) < 4.78 is 19.9. The molecule has 88 valence electrons. The van der Waals surface area contributed by atoms with E-state index in [4.69, 9.17) is 10.5 Å². The molecule has 1 saturated carbocycles. The standard InChI is InChI=1S/C12H15BrFNO/c1-7-5-8(14)11(16-2)9(10(7)13)12(6-15)3-4-12/h5H,3-4,6,15H2,1-2H3. The van der Waals surface area contributed by atoms with Crippen LogP contribution in [0.3, 0.4) is 0 Å². The predicted molar refractivity (Wildman–Crippen MR) is 65.4 cm³/mol. The van der Waals surface area contributed by atoms with Crippen molar-refractivity contribution in [2.45, 2.75) is 25.2 Å². The zero-order valence-corrected chi connectivity index (χ0v) is 11.0. The molecule has 2 rings (SSSR count). The van der Waals surface area contributed by atoms with E-state index < -0.39 is 0 Å². The van der Waals surface area contributed by atoms with Gasteiger partial charge >= 0.3 is 0 Å². The number of hydrogen-bond donors (Lipinski definition) is 1. The minimum absolute atomic E-state index is 0.0863. The van der Waals surface area contributed by atoms with Crippen LogP contribution in [0.1, 0.15) is 24.0 Å². The van der Waals surface area contributed by atoms with E-state index in [1.54, 1.807) is 0 Å². The van der Waals surface area contributed by atoms with Gasteiger partial charge in [-0.05, 0) is 31.4 Å². The van der Waals surface area contributed by atoms with Crippen LogP contribution < -0.4 is 10.5 Å². The number of hydrogen-bond acceptors (Lipinski definition) is 2. The molecule has 1 aliphatic carbocycles. The highest BCUT2D eigenvalue weighted by molar-refractivity contribution is 9.10. The molecule has 1 aromatic carbocycles. The highest BCUT2D eigenvalue weighted by Crippen LogP contribution is 2.54. The Kier molecular flexibility index (Phi) is 2.97. The van der Waals surface area contributed by atoms with Crippen LogP contribution in [0, 0.1) is 12.7 Å². The van der Waals surface area contributed by atoms with Crippen molar-refractivity contribution >= 4 is 15.9 Å². The maximum absolute atomic E-state index is 13.8. The second-order valence-electron chi connectivity index (χ2n) is 4.38. The highest BCUT2D eigenvalue weighted by atomic mass is 79.9. The molecule has 0 aliphatic heterocycles. The maximum atomic E-state index is 13.8. The Morgan fingerprint density at radius 1 is 1.56 bits per heavy atom. The second-order valence-corrected chi connectivity index (χ2v) is 5.17. The number of nitrogens with two attached hydrogens (primary N) is 1. The van der Waals surface area contributed by atoms with Gasteiger partial charge in [-0.2, -0.15) is 0 Å². The fourth-order valence-electron chi connectivity index (χ4n) is 2.12. The topological polar surface area (TPSA) is 35.2 Å². The third-order valence-corrected chi connectivity index (χ3v) is 4.35. The van der Waals surface area contributed by atoms with Crippen molar-refractivity contribution in [2.75, 3.05) is 13.7 Å². The minimum atomic E-state index is -0.307. The van der Waals surface area contributed by atoms with Gasteiger partial charge in [0, 0.05) is 22.0 Å². The van der Waals surface area contributed by atoms with Gasteiger partial charge in [-0.1, -0.05) is 15.9 Å². The molecule has 0 spiro atoms. The van der Waals surface area contributed by atoms with E-state index in [1.807, 2.05) is 6.92 Å². The molecule has 0 radical (unpaired) electrons. The van der Waals surface area contributed by atoms with Gasteiger partial charge in [0.05, 0.1) is 7.11 Å². The molecule has 0 unspecified atom stereocenters. The summed E-state index contributed by atoms with van der Waals surface area (Å²) in [6.45, 7) is 2.41. The van der Waals surface area contributed by atoms with E-state index >= 15 is 0 Å². The smallest absolute Gasteiger partial charge is 0.165 e. The summed E-state index contributed by atoms with van der Waals surface area (Å²) in [4.78, 5) is 0. The molecular weight excluding hydrogens is 273 g/mol. The van der Waals surface area contributed by atoms with Gasteiger partial charge in [-0.15, -0.1) is 0 Å². The molecular formula is C12H15BrFNO. The first-order valence-electron chi connectivity index (χ1n) is 5.29. The SMILES string of the molecule is COc1c(F)cc(C)c(Br)c1C1(CN)CC1. The lowest BCUT2D eigenvalue weighted by molar-refractivity contribution is 0.375. The highest BCUT2D eigenvalue weighted by Gasteiger charge is 2.47. The Hall–Kier alpha value is -0.610. The first-order chi connectivity index (χ1) is 7.55. The number of rotatable bonds is 3. The largest absolute Gasteiger partial charge is 0.493 e. The van der Waals surface area contributed by atoms with Crippen molar-refractivity contribution in [1.29, 1.82) is 0 Å². The summed E-state index contributed by atoms with van der Waals surface area (Å²) in [5.41, 5.74) is 7.49. The molecule has 0 aromatic heterocycles. The molecule has 1 aromatic rings. The molecule has 4 heteroatoms. The molecule has 16 heavy (non-hydrogen) atoms. The summed E-state index contributed by atoms with van der Waals surface area (Å²) in [5, 5.41) is 0. The van der Waals surface area contributed by atoms with Crippen LogP contribution in [0.4, 0.5) is 4.39 Å². The van der Waals surface area contributed by atoms with Gasteiger partial charge < -0.3 is 10.5 Å². The number of aryl methyl sites for hydroxylation is 1. The van der Waals surface area contributed by atoms with Crippen molar-refractivity contribution in [1.82, 2.24) is 0 Å². The predicted octanol–water partition coefficient (Wildman–Crippen LogP) is 2.90. The fraction of sp³-hybridized carbons (Fsp3) is 0.500. The van der Waals surface area contributed by atoms with Crippen molar-refractivity contribution in [3.63, 3.8) is 0 Å². The van der Waals surface area contributed by atoms with E-state index in [0.29, 0.717) is 12.3 Å². The van der Waals surface area contributed by atoms with E-state index in [0.717, 1.165) is 28.4 Å². The van der Waals surface area contributed by atoms with Gasteiger partial charge in [0.15, 0.2) is 11.6 Å². The van der Waals surface area contributed by atoms with Crippen molar-refractivity contribution in [3.8, 4) is 5.75 Å². The maximum Gasteiger partial charge on any atom is 0.165 e. The zero-order valence-electron chi connectivity index (χ0n) is 9.44. The molecule has 0 atom stereocenters. The number of ether oxygens (including phenoxy) is 1. The molecule has 0 bridgehead atoms. The Morgan fingerprint density at radius 2 is 2.19 bits per heavy atom.